The van der Waals surface area contributed by atoms with Crippen LogP contribution in [-0.2, 0) is 4.79 Å². The van der Waals surface area contributed by atoms with Crippen molar-refractivity contribution in [3.8, 4) is 17.2 Å². The summed E-state index contributed by atoms with van der Waals surface area (Å²) in [5.41, 5.74) is 3.22. The lowest BCUT2D eigenvalue weighted by molar-refractivity contribution is -0.117. The smallest absolute Gasteiger partial charge is 0.251 e. The van der Waals surface area contributed by atoms with Gasteiger partial charge in [0, 0.05) is 11.8 Å². The van der Waals surface area contributed by atoms with Crippen molar-refractivity contribution in [3.63, 3.8) is 0 Å². The van der Waals surface area contributed by atoms with E-state index in [2.05, 4.69) is 10.6 Å². The minimum atomic E-state index is -0.630. The number of carbonyl (C=O) groups is 1. The molecule has 162 valence electrons. The van der Waals surface area contributed by atoms with E-state index in [9.17, 15) is 4.79 Å². The third-order valence-electron chi connectivity index (χ3n) is 4.78. The topological polar surface area (TPSA) is 68.8 Å². The second kappa shape index (κ2) is 10.4. The molecule has 3 rings (SSSR count). The molecule has 0 saturated carbocycles. The molecular formula is C25H28N2O4. The van der Waals surface area contributed by atoms with E-state index in [1.54, 1.807) is 14.2 Å². The molecule has 0 saturated heterocycles. The first-order chi connectivity index (χ1) is 15.0. The van der Waals surface area contributed by atoms with Crippen LogP contribution < -0.4 is 24.8 Å². The number of amides is 1. The van der Waals surface area contributed by atoms with Gasteiger partial charge in [0.1, 0.15) is 11.8 Å². The lowest BCUT2D eigenvalue weighted by Crippen LogP contribution is -2.27. The van der Waals surface area contributed by atoms with Gasteiger partial charge in [0.2, 0.25) is 0 Å². The molecule has 0 aliphatic carbocycles. The molecule has 3 aromatic carbocycles. The molecule has 0 spiro atoms. The zero-order chi connectivity index (χ0) is 22.2. The molecule has 1 atom stereocenters. The molecule has 3 aromatic rings. The van der Waals surface area contributed by atoms with E-state index in [0.717, 1.165) is 16.8 Å². The Bertz CT molecular complexity index is 1020. The van der Waals surface area contributed by atoms with Gasteiger partial charge in [-0.2, -0.15) is 0 Å². The van der Waals surface area contributed by atoms with Crippen LogP contribution in [0.25, 0.3) is 0 Å². The summed E-state index contributed by atoms with van der Waals surface area (Å²) in [4.78, 5) is 13.3. The minimum absolute atomic E-state index is 0.206. The fourth-order valence-electron chi connectivity index (χ4n) is 3.27. The predicted octanol–water partition coefficient (Wildman–Crippen LogP) is 5.20. The first kappa shape index (κ1) is 22.0. The maximum Gasteiger partial charge on any atom is 0.251 e. The second-order valence-electron chi connectivity index (χ2n) is 6.98. The van der Waals surface area contributed by atoms with Gasteiger partial charge in [0.25, 0.3) is 5.91 Å². The highest BCUT2D eigenvalue weighted by Gasteiger charge is 2.22. The van der Waals surface area contributed by atoms with Crippen molar-refractivity contribution in [1.29, 1.82) is 0 Å². The van der Waals surface area contributed by atoms with Gasteiger partial charge < -0.3 is 24.8 Å². The van der Waals surface area contributed by atoms with E-state index < -0.39 is 6.04 Å². The Morgan fingerprint density at radius 1 is 0.903 bits per heavy atom. The van der Waals surface area contributed by atoms with Crippen molar-refractivity contribution >= 4 is 17.3 Å². The summed E-state index contributed by atoms with van der Waals surface area (Å²) in [6.45, 7) is 4.42. The largest absolute Gasteiger partial charge is 0.495 e. The van der Waals surface area contributed by atoms with Crippen LogP contribution in [0.5, 0.6) is 17.2 Å². The van der Waals surface area contributed by atoms with Crippen molar-refractivity contribution in [1.82, 2.24) is 0 Å². The zero-order valence-corrected chi connectivity index (χ0v) is 18.3. The Morgan fingerprint density at radius 2 is 1.61 bits per heavy atom. The summed E-state index contributed by atoms with van der Waals surface area (Å²) < 4.78 is 16.4. The van der Waals surface area contributed by atoms with Gasteiger partial charge in [0.05, 0.1) is 26.5 Å². The molecule has 0 bridgehead atoms. The molecule has 2 N–H and O–H groups in total. The van der Waals surface area contributed by atoms with Crippen molar-refractivity contribution in [2.45, 2.75) is 19.9 Å². The van der Waals surface area contributed by atoms with Gasteiger partial charge in [0.15, 0.2) is 11.5 Å². The Hall–Kier alpha value is -3.67. The van der Waals surface area contributed by atoms with Crippen molar-refractivity contribution < 1.29 is 19.0 Å². The number of hydrogen-bond acceptors (Lipinski definition) is 5. The molecule has 0 radical (unpaired) electrons. The summed E-state index contributed by atoms with van der Waals surface area (Å²) in [5, 5.41) is 6.32. The zero-order valence-electron chi connectivity index (χ0n) is 18.3. The fraction of sp³-hybridized carbons (Fsp3) is 0.240. The third kappa shape index (κ3) is 5.48. The third-order valence-corrected chi connectivity index (χ3v) is 4.78. The van der Waals surface area contributed by atoms with Gasteiger partial charge >= 0.3 is 0 Å². The Balaban J connectivity index is 1.91. The summed E-state index contributed by atoms with van der Waals surface area (Å²) >= 11 is 0. The maximum absolute atomic E-state index is 13.3. The van der Waals surface area contributed by atoms with E-state index in [0.29, 0.717) is 29.5 Å². The highest BCUT2D eigenvalue weighted by molar-refractivity contribution is 5.98. The molecule has 0 aromatic heterocycles. The van der Waals surface area contributed by atoms with Crippen LogP contribution in [0.4, 0.5) is 11.4 Å². The number of nitrogens with one attached hydrogen (secondary N) is 2. The predicted molar refractivity (Wildman–Crippen MR) is 123 cm³/mol. The quantitative estimate of drug-likeness (QED) is 0.498. The number of carbonyl (C=O) groups excluding carboxylic acids is 1. The molecule has 0 aliphatic rings. The van der Waals surface area contributed by atoms with E-state index in [1.165, 1.54) is 0 Å². The number of anilines is 2. The summed E-state index contributed by atoms with van der Waals surface area (Å²) in [6, 6.07) is 20.1. The van der Waals surface area contributed by atoms with Crippen LogP contribution in [0.1, 0.15) is 24.1 Å². The van der Waals surface area contributed by atoms with Crippen LogP contribution in [0.3, 0.4) is 0 Å². The van der Waals surface area contributed by atoms with Crippen molar-refractivity contribution in [2.24, 2.45) is 0 Å². The lowest BCUT2D eigenvalue weighted by atomic mass is 10.1. The minimum Gasteiger partial charge on any atom is -0.495 e. The molecule has 6 nitrogen and oxygen atoms in total. The molecular weight excluding hydrogens is 392 g/mol. The standard InChI is InChI=1S/C25H28N2O4/c1-5-31-22-14-12-19(16-23(22)30-4)26-24(18-9-7-6-8-10-18)25(28)27-20-15-17(2)11-13-21(20)29-3/h6-16,24,26H,5H2,1-4H3,(H,27,28). The first-order valence-electron chi connectivity index (χ1n) is 10.1. The average molecular weight is 421 g/mol. The van der Waals surface area contributed by atoms with Crippen LogP contribution in [-0.4, -0.2) is 26.7 Å². The van der Waals surface area contributed by atoms with E-state index in [-0.39, 0.29) is 5.91 Å². The first-order valence-corrected chi connectivity index (χ1v) is 10.1. The molecule has 0 heterocycles. The Labute approximate surface area is 183 Å². The Morgan fingerprint density at radius 3 is 2.29 bits per heavy atom. The van der Waals surface area contributed by atoms with Crippen LogP contribution >= 0.6 is 0 Å². The highest BCUT2D eigenvalue weighted by Crippen LogP contribution is 2.33. The van der Waals surface area contributed by atoms with Gasteiger partial charge in [-0.1, -0.05) is 36.4 Å². The fourth-order valence-corrected chi connectivity index (χ4v) is 3.27. The summed E-state index contributed by atoms with van der Waals surface area (Å²) in [5.74, 6) is 1.65. The van der Waals surface area contributed by atoms with Crippen molar-refractivity contribution in [2.75, 3.05) is 31.5 Å². The van der Waals surface area contributed by atoms with Gasteiger partial charge in [-0.05, 0) is 49.2 Å². The SMILES string of the molecule is CCOc1ccc(NC(C(=O)Nc2cc(C)ccc2OC)c2ccccc2)cc1OC. The average Bonchev–Trinajstić information content (AvgIpc) is 2.79. The second-order valence-corrected chi connectivity index (χ2v) is 6.98. The molecule has 1 unspecified atom stereocenters. The van der Waals surface area contributed by atoms with Gasteiger partial charge in [-0.3, -0.25) is 4.79 Å². The molecule has 31 heavy (non-hydrogen) atoms. The van der Waals surface area contributed by atoms with E-state index in [4.69, 9.17) is 14.2 Å². The van der Waals surface area contributed by atoms with Crippen LogP contribution in [0, 0.1) is 6.92 Å². The number of aryl methyl sites for hydroxylation is 1. The molecule has 0 aliphatic heterocycles. The normalized spacial score (nSPS) is 11.4. The number of benzene rings is 3. The van der Waals surface area contributed by atoms with Gasteiger partial charge in [-0.15, -0.1) is 0 Å². The summed E-state index contributed by atoms with van der Waals surface area (Å²) in [7, 11) is 3.17. The molecule has 6 heteroatoms. The summed E-state index contributed by atoms with van der Waals surface area (Å²) in [6.07, 6.45) is 0. The van der Waals surface area contributed by atoms with E-state index >= 15 is 0 Å². The molecule has 0 fully saturated rings. The Kier molecular flexibility index (Phi) is 7.38. The number of hydrogen-bond donors (Lipinski definition) is 2. The lowest BCUT2D eigenvalue weighted by Gasteiger charge is -2.22. The number of ether oxygens (including phenoxy) is 3. The van der Waals surface area contributed by atoms with Crippen LogP contribution in [0.15, 0.2) is 66.7 Å². The molecule has 1 amide bonds. The number of methoxy groups -OCH3 is 2. The van der Waals surface area contributed by atoms with Crippen molar-refractivity contribution in [3.05, 3.63) is 77.9 Å². The maximum atomic E-state index is 13.3. The van der Waals surface area contributed by atoms with Gasteiger partial charge in [-0.25, -0.2) is 0 Å². The highest BCUT2D eigenvalue weighted by atomic mass is 16.5. The number of rotatable bonds is 9. The monoisotopic (exact) mass is 420 g/mol. The van der Waals surface area contributed by atoms with E-state index in [1.807, 2.05) is 80.6 Å². The van der Waals surface area contributed by atoms with Crippen LogP contribution in [0.2, 0.25) is 0 Å².